The topological polar surface area (TPSA) is 93.6 Å². The summed E-state index contributed by atoms with van der Waals surface area (Å²) in [6.45, 7) is 0.0651. The van der Waals surface area contributed by atoms with Crippen LogP contribution in [0.3, 0.4) is 0 Å². The summed E-state index contributed by atoms with van der Waals surface area (Å²) < 4.78 is 86.7. The molecule has 35 heavy (non-hydrogen) atoms. The number of nitrogens with zero attached hydrogens (tertiary/aromatic N) is 3. The van der Waals surface area contributed by atoms with E-state index in [1.165, 1.54) is 6.20 Å². The third-order valence-electron chi connectivity index (χ3n) is 6.20. The minimum absolute atomic E-state index is 0.0651. The standard InChI is InChI=1S/C22H22F6N4O3/c23-21(24,25)19-3-1-2-16(20(29)34)32(19)17-8-13-10-31(14-6-4-12(11-33)5-7-14)30-15(13)9-18(17)35-22(26,27)28/h1-3,8-10,12,14,16,33H,4-7,11H2,(H2,29,34). The van der Waals surface area contributed by atoms with Gasteiger partial charge < -0.3 is 20.5 Å². The smallest absolute Gasteiger partial charge is 0.403 e. The lowest BCUT2D eigenvalue weighted by atomic mass is 9.87. The van der Waals surface area contributed by atoms with Crippen molar-refractivity contribution in [3.05, 3.63) is 42.3 Å². The monoisotopic (exact) mass is 504 g/mol. The molecule has 1 amide bonds. The molecule has 0 saturated heterocycles. The zero-order valence-electron chi connectivity index (χ0n) is 18.2. The Hall–Kier alpha value is -3.22. The molecule has 1 aromatic heterocycles. The molecular weight excluding hydrogens is 482 g/mol. The van der Waals surface area contributed by atoms with Gasteiger partial charge in [-0.05, 0) is 43.7 Å². The molecule has 7 nitrogen and oxygen atoms in total. The van der Waals surface area contributed by atoms with Crippen LogP contribution < -0.4 is 15.4 Å². The van der Waals surface area contributed by atoms with Gasteiger partial charge >= 0.3 is 12.5 Å². The Kier molecular flexibility index (Phi) is 6.47. The number of alkyl halides is 6. The number of hydrogen-bond donors (Lipinski definition) is 2. The van der Waals surface area contributed by atoms with Gasteiger partial charge in [-0.25, -0.2) is 0 Å². The summed E-state index contributed by atoms with van der Waals surface area (Å²) in [6.07, 6.45) is -3.17. The summed E-state index contributed by atoms with van der Waals surface area (Å²) in [5, 5.41) is 13.9. The van der Waals surface area contributed by atoms with Crippen molar-refractivity contribution in [2.45, 2.75) is 50.3 Å². The van der Waals surface area contributed by atoms with Crippen LogP contribution in [0.4, 0.5) is 32.0 Å². The first-order valence-electron chi connectivity index (χ1n) is 10.8. The van der Waals surface area contributed by atoms with Gasteiger partial charge in [-0.15, -0.1) is 13.2 Å². The first kappa shape index (κ1) is 24.9. The van der Waals surface area contributed by atoms with Crippen LogP contribution in [0, 0.1) is 5.92 Å². The van der Waals surface area contributed by atoms with E-state index in [4.69, 9.17) is 5.73 Å². The first-order chi connectivity index (χ1) is 16.4. The molecule has 1 fully saturated rings. The fourth-order valence-electron chi connectivity index (χ4n) is 4.53. The molecule has 2 aliphatic rings. The van der Waals surface area contributed by atoms with E-state index in [2.05, 4.69) is 9.84 Å². The second-order valence-corrected chi connectivity index (χ2v) is 8.54. The van der Waals surface area contributed by atoms with Crippen LogP contribution in [0.5, 0.6) is 5.75 Å². The predicted molar refractivity (Wildman–Crippen MR) is 113 cm³/mol. The Balaban J connectivity index is 1.83. The van der Waals surface area contributed by atoms with E-state index in [0.717, 1.165) is 37.1 Å². The number of allylic oxidation sites excluding steroid dienone is 3. The number of aliphatic hydroxyl groups is 1. The normalized spacial score (nSPS) is 23.5. The van der Waals surface area contributed by atoms with Crippen molar-refractivity contribution in [1.29, 1.82) is 0 Å². The van der Waals surface area contributed by atoms with Crippen molar-refractivity contribution in [1.82, 2.24) is 9.78 Å². The van der Waals surface area contributed by atoms with Crippen molar-refractivity contribution in [2.75, 3.05) is 11.5 Å². The van der Waals surface area contributed by atoms with E-state index >= 15 is 0 Å². The van der Waals surface area contributed by atoms with Gasteiger partial charge in [0.05, 0.1) is 17.2 Å². The molecule has 0 bridgehead atoms. The molecule has 0 radical (unpaired) electrons. The molecule has 0 spiro atoms. The quantitative estimate of drug-likeness (QED) is 0.592. The van der Waals surface area contributed by atoms with Crippen LogP contribution >= 0.6 is 0 Å². The lowest BCUT2D eigenvalue weighted by molar-refractivity contribution is -0.274. The highest BCUT2D eigenvalue weighted by atomic mass is 19.4. The molecule has 1 aliphatic heterocycles. The molecule has 190 valence electrons. The van der Waals surface area contributed by atoms with Crippen LogP contribution in [-0.4, -0.2) is 46.0 Å². The molecule has 2 heterocycles. The van der Waals surface area contributed by atoms with Gasteiger partial charge in [-0.1, -0.05) is 12.2 Å². The first-order valence-corrected chi connectivity index (χ1v) is 10.8. The number of nitrogens with two attached hydrogens (primary N) is 1. The highest BCUT2D eigenvalue weighted by molar-refractivity contribution is 5.92. The average Bonchev–Trinajstić information content (AvgIpc) is 3.19. The Morgan fingerprint density at radius 1 is 1.14 bits per heavy atom. The second-order valence-electron chi connectivity index (χ2n) is 8.54. The fourth-order valence-corrected chi connectivity index (χ4v) is 4.53. The molecular formula is C22H22F6N4O3. The van der Waals surface area contributed by atoms with Crippen molar-refractivity contribution in [2.24, 2.45) is 11.7 Å². The highest BCUT2D eigenvalue weighted by Crippen LogP contribution is 2.44. The van der Waals surface area contributed by atoms with Gasteiger partial charge in [0.15, 0.2) is 5.75 Å². The molecule has 1 unspecified atom stereocenters. The van der Waals surface area contributed by atoms with E-state index in [9.17, 15) is 36.2 Å². The maximum absolute atomic E-state index is 13.8. The zero-order chi connectivity index (χ0) is 25.5. The number of primary amides is 1. The molecule has 3 N–H and O–H groups in total. The summed E-state index contributed by atoms with van der Waals surface area (Å²) in [6, 6.07) is 0.197. The molecule has 4 rings (SSSR count). The van der Waals surface area contributed by atoms with Crippen molar-refractivity contribution < 1.29 is 41.0 Å². The van der Waals surface area contributed by atoms with Gasteiger partial charge in [0, 0.05) is 24.3 Å². The number of carbonyl (C=O) groups is 1. The molecule has 1 atom stereocenters. The third-order valence-corrected chi connectivity index (χ3v) is 6.20. The number of aliphatic hydroxyl groups excluding tert-OH is 1. The highest BCUT2D eigenvalue weighted by Gasteiger charge is 2.44. The molecule has 2 aromatic rings. The average molecular weight is 504 g/mol. The SMILES string of the molecule is NC(=O)C1C=CC=C(C(F)(F)F)N1c1cc2cn(C3CCC(CO)CC3)nc2cc1OC(F)(F)F. The van der Waals surface area contributed by atoms with E-state index in [1.807, 2.05) is 0 Å². The Morgan fingerprint density at radius 3 is 2.40 bits per heavy atom. The predicted octanol–water partition coefficient (Wildman–Crippen LogP) is 4.33. The number of rotatable bonds is 5. The van der Waals surface area contributed by atoms with E-state index in [-0.39, 0.29) is 29.5 Å². The van der Waals surface area contributed by atoms with E-state index < -0.39 is 41.6 Å². The number of amides is 1. The van der Waals surface area contributed by atoms with Gasteiger partial charge in [0.1, 0.15) is 11.7 Å². The number of ether oxygens (including phenoxy) is 1. The zero-order valence-corrected chi connectivity index (χ0v) is 18.2. The van der Waals surface area contributed by atoms with E-state index in [0.29, 0.717) is 23.8 Å². The Morgan fingerprint density at radius 2 is 1.83 bits per heavy atom. The minimum atomic E-state index is -5.22. The van der Waals surface area contributed by atoms with Crippen LogP contribution in [0.2, 0.25) is 0 Å². The second kappa shape index (κ2) is 9.10. The van der Waals surface area contributed by atoms with Crippen LogP contribution in [0.25, 0.3) is 10.9 Å². The molecule has 1 aliphatic carbocycles. The van der Waals surface area contributed by atoms with Gasteiger partial charge in [-0.2, -0.15) is 18.3 Å². The number of anilines is 1. The van der Waals surface area contributed by atoms with Gasteiger partial charge in [-0.3, -0.25) is 9.48 Å². The summed E-state index contributed by atoms with van der Waals surface area (Å²) in [7, 11) is 0. The number of carbonyl (C=O) groups excluding carboxylic acids is 1. The van der Waals surface area contributed by atoms with Gasteiger partial charge in [0.2, 0.25) is 5.91 Å². The Bertz CT molecular complexity index is 1160. The number of fused-ring (bicyclic) bond motifs is 1. The van der Waals surface area contributed by atoms with Crippen LogP contribution in [-0.2, 0) is 4.79 Å². The van der Waals surface area contributed by atoms with Crippen LogP contribution in [0.1, 0.15) is 31.7 Å². The lowest BCUT2D eigenvalue weighted by Crippen LogP contribution is -2.47. The summed E-state index contributed by atoms with van der Waals surface area (Å²) >= 11 is 0. The number of benzene rings is 1. The fraction of sp³-hybridized carbons (Fsp3) is 0.455. The minimum Gasteiger partial charge on any atom is -0.403 e. The lowest BCUT2D eigenvalue weighted by Gasteiger charge is -2.35. The Labute approximate surface area is 195 Å². The summed E-state index contributed by atoms with van der Waals surface area (Å²) in [5.74, 6) is -1.97. The largest absolute Gasteiger partial charge is 0.573 e. The number of halogens is 6. The number of hydrogen-bond acceptors (Lipinski definition) is 5. The summed E-state index contributed by atoms with van der Waals surface area (Å²) in [5.41, 5.74) is 3.37. The summed E-state index contributed by atoms with van der Waals surface area (Å²) in [4.78, 5) is 12.4. The molecule has 1 saturated carbocycles. The van der Waals surface area contributed by atoms with Crippen LogP contribution in [0.15, 0.2) is 42.3 Å². The molecule has 1 aromatic carbocycles. The molecule has 13 heteroatoms. The van der Waals surface area contributed by atoms with E-state index in [1.54, 1.807) is 4.68 Å². The van der Waals surface area contributed by atoms with Gasteiger partial charge in [0.25, 0.3) is 0 Å². The van der Waals surface area contributed by atoms with Crippen molar-refractivity contribution in [3.63, 3.8) is 0 Å². The van der Waals surface area contributed by atoms with Crippen molar-refractivity contribution >= 4 is 22.5 Å². The van der Waals surface area contributed by atoms with Crippen molar-refractivity contribution in [3.8, 4) is 5.75 Å². The number of aromatic nitrogens is 2. The maximum Gasteiger partial charge on any atom is 0.573 e. The third kappa shape index (κ3) is 5.24. The maximum atomic E-state index is 13.8.